The molecule has 2 atom stereocenters. The van der Waals surface area contributed by atoms with Gasteiger partial charge in [-0.3, -0.25) is 4.79 Å². The van der Waals surface area contributed by atoms with E-state index in [1.165, 1.54) is 25.4 Å². The highest BCUT2D eigenvalue weighted by Crippen LogP contribution is 2.55. The Morgan fingerprint density at radius 2 is 2.15 bits per heavy atom. The number of ether oxygens (including phenoxy) is 3. The van der Waals surface area contributed by atoms with E-state index in [1.807, 2.05) is 0 Å². The number of benzene rings is 1. The summed E-state index contributed by atoms with van der Waals surface area (Å²) in [6, 6.07) is 4.23. The quantitative estimate of drug-likeness (QED) is 0.757. The standard InChI is InChI=1S/C19H21FN2O5/c1-11-21-8-17(16(22-11)9-25-2)27-10-19(7-15(19)18(23)24)12-4-13(20)6-14(5-12)26-3/h4-6,8,15H,7,9-10H2,1-3H3,(H,23,24)/t15-,19+/m0/s1. The van der Waals surface area contributed by atoms with E-state index in [-0.39, 0.29) is 13.2 Å². The smallest absolute Gasteiger partial charge is 0.307 e. The predicted molar refractivity (Wildman–Crippen MR) is 93.3 cm³/mol. The van der Waals surface area contributed by atoms with Crippen molar-refractivity contribution in [2.45, 2.75) is 25.4 Å². The Kier molecular flexibility index (Phi) is 5.27. The van der Waals surface area contributed by atoms with Crippen molar-refractivity contribution >= 4 is 5.97 Å². The third kappa shape index (κ3) is 3.85. The van der Waals surface area contributed by atoms with Crippen LogP contribution in [0.4, 0.5) is 4.39 Å². The van der Waals surface area contributed by atoms with Crippen LogP contribution in [0.15, 0.2) is 24.4 Å². The molecule has 1 heterocycles. The van der Waals surface area contributed by atoms with Crippen molar-refractivity contribution in [1.29, 1.82) is 0 Å². The lowest BCUT2D eigenvalue weighted by molar-refractivity contribution is -0.139. The van der Waals surface area contributed by atoms with Crippen LogP contribution in [0.1, 0.15) is 23.5 Å². The van der Waals surface area contributed by atoms with Crippen LogP contribution in [0, 0.1) is 18.7 Å². The van der Waals surface area contributed by atoms with Gasteiger partial charge in [-0.25, -0.2) is 14.4 Å². The maximum Gasteiger partial charge on any atom is 0.307 e. The van der Waals surface area contributed by atoms with Crippen LogP contribution in [0.3, 0.4) is 0 Å². The van der Waals surface area contributed by atoms with E-state index in [0.29, 0.717) is 35.0 Å². The van der Waals surface area contributed by atoms with Gasteiger partial charge in [0, 0.05) is 18.6 Å². The van der Waals surface area contributed by atoms with Crippen molar-refractivity contribution in [3.63, 3.8) is 0 Å². The molecule has 0 unspecified atom stereocenters. The molecule has 1 aromatic heterocycles. The number of hydrogen-bond donors (Lipinski definition) is 1. The summed E-state index contributed by atoms with van der Waals surface area (Å²) in [7, 11) is 2.98. The van der Waals surface area contributed by atoms with E-state index in [2.05, 4.69) is 9.97 Å². The topological polar surface area (TPSA) is 90.8 Å². The second-order valence-corrected chi connectivity index (χ2v) is 6.58. The van der Waals surface area contributed by atoms with E-state index in [0.717, 1.165) is 0 Å². The van der Waals surface area contributed by atoms with Gasteiger partial charge in [0.15, 0.2) is 5.75 Å². The lowest BCUT2D eigenvalue weighted by atomic mass is 9.93. The SMILES string of the molecule is COCc1nc(C)ncc1OC[C@@]1(c2cc(F)cc(OC)c2)C[C@H]1C(=O)O. The zero-order valence-corrected chi connectivity index (χ0v) is 15.4. The molecule has 3 rings (SSSR count). The molecule has 1 aliphatic carbocycles. The average molecular weight is 376 g/mol. The van der Waals surface area contributed by atoms with E-state index in [1.54, 1.807) is 20.1 Å². The second-order valence-electron chi connectivity index (χ2n) is 6.58. The molecule has 7 nitrogen and oxygen atoms in total. The monoisotopic (exact) mass is 376 g/mol. The fraction of sp³-hybridized carbons (Fsp3) is 0.421. The highest BCUT2D eigenvalue weighted by molar-refractivity contribution is 5.77. The summed E-state index contributed by atoms with van der Waals surface area (Å²) in [5, 5.41) is 9.49. The number of carboxylic acids is 1. The third-order valence-electron chi connectivity index (χ3n) is 4.77. The summed E-state index contributed by atoms with van der Waals surface area (Å²) in [6.45, 7) is 2.05. The van der Waals surface area contributed by atoms with Gasteiger partial charge in [0.25, 0.3) is 0 Å². The first kappa shape index (κ1) is 19.0. The summed E-state index contributed by atoms with van der Waals surface area (Å²) < 4.78 is 30.1. The summed E-state index contributed by atoms with van der Waals surface area (Å²) >= 11 is 0. The van der Waals surface area contributed by atoms with Crippen LogP contribution >= 0.6 is 0 Å². The number of hydrogen-bond acceptors (Lipinski definition) is 6. The molecule has 0 spiro atoms. The Balaban J connectivity index is 1.90. The Morgan fingerprint density at radius 1 is 1.37 bits per heavy atom. The summed E-state index contributed by atoms with van der Waals surface area (Å²) in [4.78, 5) is 20.0. The lowest BCUT2D eigenvalue weighted by Crippen LogP contribution is -2.24. The molecule has 1 aromatic carbocycles. The van der Waals surface area contributed by atoms with Gasteiger partial charge in [-0.1, -0.05) is 0 Å². The molecule has 1 N–H and O–H groups in total. The van der Waals surface area contributed by atoms with Crippen LogP contribution in [0.25, 0.3) is 0 Å². The van der Waals surface area contributed by atoms with Gasteiger partial charge < -0.3 is 19.3 Å². The molecule has 0 bridgehead atoms. The Hall–Kier alpha value is -2.74. The maximum atomic E-state index is 14.0. The molecule has 2 aromatic rings. The van der Waals surface area contributed by atoms with Crippen LogP contribution in [-0.4, -0.2) is 41.9 Å². The highest BCUT2D eigenvalue weighted by atomic mass is 19.1. The number of carbonyl (C=O) groups is 1. The van der Waals surface area contributed by atoms with Crippen molar-refractivity contribution in [2.24, 2.45) is 5.92 Å². The van der Waals surface area contributed by atoms with E-state index in [9.17, 15) is 14.3 Å². The van der Waals surface area contributed by atoms with Crippen molar-refractivity contribution < 1.29 is 28.5 Å². The molecule has 1 saturated carbocycles. The zero-order chi connectivity index (χ0) is 19.6. The molecule has 0 radical (unpaired) electrons. The first-order valence-electron chi connectivity index (χ1n) is 8.41. The van der Waals surface area contributed by atoms with Crippen LogP contribution < -0.4 is 9.47 Å². The molecule has 27 heavy (non-hydrogen) atoms. The fourth-order valence-electron chi connectivity index (χ4n) is 3.23. The van der Waals surface area contributed by atoms with Crippen molar-refractivity contribution in [3.8, 4) is 11.5 Å². The molecule has 0 saturated heterocycles. The number of aromatic nitrogens is 2. The maximum absolute atomic E-state index is 14.0. The van der Waals surface area contributed by atoms with Gasteiger partial charge in [-0.05, 0) is 31.0 Å². The number of methoxy groups -OCH3 is 2. The van der Waals surface area contributed by atoms with Gasteiger partial charge in [0.1, 0.15) is 23.1 Å². The minimum atomic E-state index is -0.945. The number of aliphatic carboxylic acids is 1. The molecule has 144 valence electrons. The third-order valence-corrected chi connectivity index (χ3v) is 4.77. The highest BCUT2D eigenvalue weighted by Gasteiger charge is 2.60. The molecular formula is C19H21FN2O5. The molecule has 8 heteroatoms. The van der Waals surface area contributed by atoms with Gasteiger partial charge in [-0.15, -0.1) is 0 Å². The molecule has 0 aliphatic heterocycles. The Bertz CT molecular complexity index is 860. The number of aryl methyl sites for hydroxylation is 1. The summed E-state index contributed by atoms with van der Waals surface area (Å²) in [5.41, 5.74) is 0.272. The molecular weight excluding hydrogens is 355 g/mol. The summed E-state index contributed by atoms with van der Waals surface area (Å²) in [6.07, 6.45) is 1.88. The Labute approximate surface area is 156 Å². The minimum Gasteiger partial charge on any atom is -0.497 e. The lowest BCUT2D eigenvalue weighted by Gasteiger charge is -2.20. The van der Waals surface area contributed by atoms with Crippen molar-refractivity contribution in [3.05, 3.63) is 47.3 Å². The normalized spacial score (nSPS) is 21.0. The fourth-order valence-corrected chi connectivity index (χ4v) is 3.23. The first-order chi connectivity index (χ1) is 12.9. The predicted octanol–water partition coefficient (Wildman–Crippen LogP) is 2.50. The van der Waals surface area contributed by atoms with Gasteiger partial charge in [-0.2, -0.15) is 0 Å². The van der Waals surface area contributed by atoms with E-state index in [4.69, 9.17) is 14.2 Å². The molecule has 1 fully saturated rings. The molecule has 1 aliphatic rings. The Morgan fingerprint density at radius 3 is 2.78 bits per heavy atom. The van der Waals surface area contributed by atoms with Gasteiger partial charge in [0.2, 0.25) is 0 Å². The first-order valence-corrected chi connectivity index (χ1v) is 8.41. The number of halogens is 1. The largest absolute Gasteiger partial charge is 0.497 e. The molecule has 0 amide bonds. The van der Waals surface area contributed by atoms with Crippen LogP contribution in [0.5, 0.6) is 11.5 Å². The summed E-state index contributed by atoms with van der Waals surface area (Å²) in [5.74, 6) is -0.770. The second kappa shape index (κ2) is 7.48. The van der Waals surface area contributed by atoms with E-state index < -0.39 is 23.1 Å². The average Bonchev–Trinajstić information content (AvgIpc) is 3.37. The number of carboxylic acid groups (broad SMARTS) is 1. The number of rotatable bonds is 8. The van der Waals surface area contributed by atoms with Crippen molar-refractivity contribution in [2.75, 3.05) is 20.8 Å². The zero-order valence-electron chi connectivity index (χ0n) is 15.4. The van der Waals surface area contributed by atoms with Crippen LogP contribution in [0.2, 0.25) is 0 Å². The number of nitrogens with zero attached hydrogens (tertiary/aromatic N) is 2. The van der Waals surface area contributed by atoms with E-state index >= 15 is 0 Å². The van der Waals surface area contributed by atoms with Gasteiger partial charge >= 0.3 is 5.97 Å². The van der Waals surface area contributed by atoms with Crippen molar-refractivity contribution in [1.82, 2.24) is 9.97 Å². The van der Waals surface area contributed by atoms with Gasteiger partial charge in [0.05, 0.1) is 32.4 Å². The minimum absolute atomic E-state index is 0.0553. The van der Waals surface area contributed by atoms with Crippen LogP contribution in [-0.2, 0) is 21.6 Å².